The maximum absolute atomic E-state index is 12.5. The van der Waals surface area contributed by atoms with Crippen LogP contribution in [-0.4, -0.2) is 15.5 Å². The molecule has 0 bridgehead atoms. The van der Waals surface area contributed by atoms with Gasteiger partial charge in [0.25, 0.3) is 5.56 Å². The van der Waals surface area contributed by atoms with Gasteiger partial charge in [0.05, 0.1) is 10.9 Å². The first-order valence-electron chi connectivity index (χ1n) is 9.67. The molecule has 150 valence electrons. The molecule has 0 fully saturated rings. The lowest BCUT2D eigenvalue weighted by atomic mass is 10.2. The molecular weight excluding hydrogens is 378 g/mol. The summed E-state index contributed by atoms with van der Waals surface area (Å²) in [4.78, 5) is 29.4. The summed E-state index contributed by atoms with van der Waals surface area (Å²) in [7, 11) is 1.68. The second kappa shape index (κ2) is 8.61. The molecule has 0 aliphatic heterocycles. The predicted molar refractivity (Wildman–Crippen MR) is 117 cm³/mol. The zero-order chi connectivity index (χ0) is 20.9. The number of carbonyl (C=O) groups excluding carboxylic acids is 1. The summed E-state index contributed by atoms with van der Waals surface area (Å²) in [6, 6.07) is 23.9. The van der Waals surface area contributed by atoms with E-state index < -0.39 is 0 Å². The number of ether oxygens (including phenoxy) is 1. The lowest BCUT2D eigenvalue weighted by molar-refractivity contribution is -0.116. The summed E-state index contributed by atoms with van der Waals surface area (Å²) < 4.78 is 7.26. The van der Waals surface area contributed by atoms with Crippen molar-refractivity contribution in [3.63, 3.8) is 0 Å². The fraction of sp³-hybridized carbons (Fsp3) is 0.125. The van der Waals surface area contributed by atoms with E-state index in [0.717, 1.165) is 5.75 Å². The summed E-state index contributed by atoms with van der Waals surface area (Å²) in [5, 5.41) is 3.44. The van der Waals surface area contributed by atoms with E-state index in [-0.39, 0.29) is 17.9 Å². The molecule has 1 amide bonds. The number of fused-ring (bicyclic) bond motifs is 1. The number of benzene rings is 3. The van der Waals surface area contributed by atoms with Crippen LogP contribution >= 0.6 is 0 Å². The number of nitrogens with zero attached hydrogens (tertiary/aromatic N) is 2. The molecule has 3 aromatic carbocycles. The second-order valence-electron chi connectivity index (χ2n) is 6.90. The smallest absolute Gasteiger partial charge is 0.261 e. The Morgan fingerprint density at radius 1 is 0.933 bits per heavy atom. The second-order valence-corrected chi connectivity index (χ2v) is 6.90. The Kier molecular flexibility index (Phi) is 5.57. The topological polar surface area (TPSA) is 73.2 Å². The molecular formula is C24H21N3O3. The molecule has 30 heavy (non-hydrogen) atoms. The van der Waals surface area contributed by atoms with Crippen molar-refractivity contribution >= 4 is 22.5 Å². The van der Waals surface area contributed by atoms with Gasteiger partial charge in [-0.1, -0.05) is 30.3 Å². The molecule has 0 atom stereocenters. The van der Waals surface area contributed by atoms with Crippen molar-refractivity contribution in [1.29, 1.82) is 0 Å². The van der Waals surface area contributed by atoms with Gasteiger partial charge in [0.2, 0.25) is 5.91 Å². The Morgan fingerprint density at radius 3 is 2.37 bits per heavy atom. The van der Waals surface area contributed by atoms with Gasteiger partial charge in [-0.2, -0.15) is 0 Å². The van der Waals surface area contributed by atoms with Gasteiger partial charge in [-0.25, -0.2) is 4.98 Å². The quantitative estimate of drug-likeness (QED) is 0.525. The molecule has 0 radical (unpaired) electrons. The van der Waals surface area contributed by atoms with Crippen LogP contribution in [0.1, 0.15) is 12.2 Å². The molecule has 6 heteroatoms. The normalized spacial score (nSPS) is 10.7. The molecule has 0 saturated heterocycles. The van der Waals surface area contributed by atoms with Crippen LogP contribution in [0.2, 0.25) is 0 Å². The van der Waals surface area contributed by atoms with Crippen molar-refractivity contribution in [2.45, 2.75) is 12.8 Å². The monoisotopic (exact) mass is 399 g/mol. The number of carbonyl (C=O) groups is 1. The van der Waals surface area contributed by atoms with Crippen molar-refractivity contribution in [3.05, 3.63) is 95.0 Å². The van der Waals surface area contributed by atoms with E-state index in [2.05, 4.69) is 10.3 Å². The van der Waals surface area contributed by atoms with Crippen molar-refractivity contribution in [2.24, 2.45) is 7.05 Å². The first kappa shape index (κ1) is 19.4. The van der Waals surface area contributed by atoms with Crippen LogP contribution in [0.15, 0.2) is 83.7 Å². The third kappa shape index (κ3) is 4.38. The molecule has 0 unspecified atom stereocenters. The number of amides is 1. The van der Waals surface area contributed by atoms with Crippen LogP contribution in [0.4, 0.5) is 5.69 Å². The van der Waals surface area contributed by atoms with Crippen molar-refractivity contribution in [2.75, 3.05) is 5.32 Å². The molecule has 0 aliphatic rings. The molecule has 4 aromatic rings. The van der Waals surface area contributed by atoms with Gasteiger partial charge < -0.3 is 10.1 Å². The van der Waals surface area contributed by atoms with Gasteiger partial charge in [-0.05, 0) is 48.5 Å². The zero-order valence-electron chi connectivity index (χ0n) is 16.5. The number of anilines is 1. The van der Waals surface area contributed by atoms with Crippen LogP contribution in [0, 0.1) is 0 Å². The highest BCUT2D eigenvalue weighted by molar-refractivity contribution is 5.90. The Bertz CT molecular complexity index is 1230. The van der Waals surface area contributed by atoms with Crippen molar-refractivity contribution in [1.82, 2.24) is 9.55 Å². The fourth-order valence-corrected chi connectivity index (χ4v) is 3.17. The van der Waals surface area contributed by atoms with E-state index in [1.54, 1.807) is 43.4 Å². The van der Waals surface area contributed by atoms with Crippen molar-refractivity contribution < 1.29 is 9.53 Å². The maximum atomic E-state index is 12.5. The summed E-state index contributed by atoms with van der Waals surface area (Å²) >= 11 is 0. The molecule has 1 aromatic heterocycles. The van der Waals surface area contributed by atoms with Gasteiger partial charge in [0, 0.05) is 25.6 Å². The van der Waals surface area contributed by atoms with Gasteiger partial charge >= 0.3 is 0 Å². The van der Waals surface area contributed by atoms with Crippen LogP contribution < -0.4 is 15.6 Å². The average molecular weight is 399 g/mol. The SMILES string of the molecule is Cn1c(CCC(=O)Nc2ccc(Oc3ccccc3)cc2)nc2ccccc2c1=O. The lowest BCUT2D eigenvalue weighted by Crippen LogP contribution is -2.23. The first-order chi connectivity index (χ1) is 14.6. The molecule has 4 rings (SSSR count). The summed E-state index contributed by atoms with van der Waals surface area (Å²) in [6.45, 7) is 0. The first-order valence-corrected chi connectivity index (χ1v) is 9.67. The minimum Gasteiger partial charge on any atom is -0.457 e. The number of rotatable bonds is 6. The minimum atomic E-state index is -0.144. The highest BCUT2D eigenvalue weighted by Crippen LogP contribution is 2.22. The van der Waals surface area contributed by atoms with Crippen LogP contribution in [0.25, 0.3) is 10.9 Å². The Morgan fingerprint density at radius 2 is 1.60 bits per heavy atom. The molecule has 6 nitrogen and oxygen atoms in total. The highest BCUT2D eigenvalue weighted by atomic mass is 16.5. The average Bonchev–Trinajstić information content (AvgIpc) is 2.77. The molecule has 1 heterocycles. The number of nitrogens with one attached hydrogen (secondary N) is 1. The minimum absolute atomic E-state index is 0.106. The maximum Gasteiger partial charge on any atom is 0.261 e. The number of aryl methyl sites for hydroxylation is 1. The number of aromatic nitrogens is 2. The Hall–Kier alpha value is -3.93. The van der Waals surface area contributed by atoms with Gasteiger partial charge in [-0.15, -0.1) is 0 Å². The van der Waals surface area contributed by atoms with Gasteiger partial charge in [0.1, 0.15) is 17.3 Å². The third-order valence-electron chi connectivity index (χ3n) is 4.77. The molecule has 0 aliphatic carbocycles. The summed E-state index contributed by atoms with van der Waals surface area (Å²) in [5.74, 6) is 1.88. The van der Waals surface area contributed by atoms with E-state index in [9.17, 15) is 9.59 Å². The molecule has 0 spiro atoms. The van der Waals surface area contributed by atoms with Gasteiger partial charge in [0.15, 0.2) is 0 Å². The molecule has 0 saturated carbocycles. The molecule has 1 N–H and O–H groups in total. The summed E-state index contributed by atoms with van der Waals surface area (Å²) in [5.41, 5.74) is 1.22. The van der Waals surface area contributed by atoms with Crippen LogP contribution in [0.5, 0.6) is 11.5 Å². The van der Waals surface area contributed by atoms with E-state index in [0.29, 0.717) is 34.6 Å². The Labute approximate surface area is 173 Å². The van der Waals surface area contributed by atoms with Gasteiger partial charge in [-0.3, -0.25) is 14.2 Å². The third-order valence-corrected chi connectivity index (χ3v) is 4.77. The van der Waals surface area contributed by atoms with Crippen LogP contribution in [0.3, 0.4) is 0 Å². The predicted octanol–water partition coefficient (Wildman–Crippen LogP) is 4.30. The van der Waals surface area contributed by atoms with E-state index in [4.69, 9.17) is 4.74 Å². The number of hydrogen-bond acceptors (Lipinski definition) is 4. The van der Waals surface area contributed by atoms with E-state index in [1.165, 1.54) is 4.57 Å². The van der Waals surface area contributed by atoms with Crippen LogP contribution in [-0.2, 0) is 18.3 Å². The Balaban J connectivity index is 1.38. The van der Waals surface area contributed by atoms with E-state index in [1.807, 2.05) is 42.5 Å². The van der Waals surface area contributed by atoms with Crippen molar-refractivity contribution in [3.8, 4) is 11.5 Å². The standard InChI is InChI=1S/C24H21N3O3/c1-27-22(26-21-10-6-5-9-20(21)24(27)29)15-16-23(28)25-17-11-13-19(14-12-17)30-18-7-3-2-4-8-18/h2-14H,15-16H2,1H3,(H,25,28). The number of para-hydroxylation sites is 2. The number of hydrogen-bond donors (Lipinski definition) is 1. The fourth-order valence-electron chi connectivity index (χ4n) is 3.17. The summed E-state index contributed by atoms with van der Waals surface area (Å²) in [6.07, 6.45) is 0.596. The zero-order valence-corrected chi connectivity index (χ0v) is 16.5. The highest BCUT2D eigenvalue weighted by Gasteiger charge is 2.10. The van der Waals surface area contributed by atoms with E-state index >= 15 is 0 Å². The largest absolute Gasteiger partial charge is 0.457 e. The lowest BCUT2D eigenvalue weighted by Gasteiger charge is -2.10.